The lowest BCUT2D eigenvalue weighted by Gasteiger charge is -2.35. The maximum absolute atomic E-state index is 8.00. The number of nitrogens with one attached hydrogen (secondary N) is 1. The van der Waals surface area contributed by atoms with E-state index in [9.17, 15) is 0 Å². The first-order valence-corrected chi connectivity index (χ1v) is 11.6. The average Bonchev–Trinajstić information content (AvgIpc) is 2.81. The van der Waals surface area contributed by atoms with Gasteiger partial charge in [0, 0.05) is 60.2 Å². The summed E-state index contributed by atoms with van der Waals surface area (Å²) in [6, 6.07) is 19.3. The van der Waals surface area contributed by atoms with Crippen molar-refractivity contribution in [3.05, 3.63) is 83.0 Å². The van der Waals surface area contributed by atoms with Crippen molar-refractivity contribution in [1.82, 2.24) is 5.32 Å². The monoisotopic (exact) mass is 465 g/mol. The number of fused-ring (bicyclic) bond motifs is 1. The number of rotatable bonds is 3. The van der Waals surface area contributed by atoms with Crippen molar-refractivity contribution in [2.75, 3.05) is 36.5 Å². The van der Waals surface area contributed by atoms with Crippen LogP contribution in [0.15, 0.2) is 66.9 Å². The van der Waals surface area contributed by atoms with Crippen LogP contribution in [0.2, 0.25) is 5.02 Å². The summed E-state index contributed by atoms with van der Waals surface area (Å²) in [5, 5.41) is 6.70. The molecule has 0 aromatic heterocycles. The quantitative estimate of drug-likeness (QED) is 0.486. The van der Waals surface area contributed by atoms with E-state index >= 15 is 0 Å². The van der Waals surface area contributed by atoms with E-state index in [0.29, 0.717) is 6.04 Å². The Morgan fingerprint density at radius 3 is 2.33 bits per heavy atom. The molecule has 1 aliphatic rings. The van der Waals surface area contributed by atoms with Crippen LogP contribution in [0.4, 0.5) is 11.4 Å². The Balaban J connectivity index is 0.000000236. The highest BCUT2D eigenvalue weighted by Crippen LogP contribution is 2.30. The van der Waals surface area contributed by atoms with Crippen LogP contribution in [0, 0.1) is 13.8 Å². The van der Waals surface area contributed by atoms with Gasteiger partial charge in [-0.05, 0) is 62.4 Å². The van der Waals surface area contributed by atoms with Crippen LogP contribution in [-0.2, 0) is 4.79 Å². The molecule has 4 rings (SSSR count). The molecule has 4 nitrogen and oxygen atoms in total. The molecule has 1 unspecified atom stereocenters. The summed E-state index contributed by atoms with van der Waals surface area (Å²) in [5.74, 6) is 0. The number of hydrogen-bond donors (Lipinski definition) is 1. The Kier molecular flexibility index (Phi) is 9.95. The molecule has 1 aliphatic heterocycles. The molecule has 33 heavy (non-hydrogen) atoms. The van der Waals surface area contributed by atoms with Crippen LogP contribution < -0.4 is 15.1 Å². The minimum Gasteiger partial charge on any atom is -0.368 e. The zero-order chi connectivity index (χ0) is 24.5. The largest absolute Gasteiger partial charge is 0.368 e. The molecule has 5 heteroatoms. The molecular formula is C28H36ClN3O. The fourth-order valence-corrected chi connectivity index (χ4v) is 4.34. The lowest BCUT2D eigenvalue weighted by Crippen LogP contribution is -2.49. The van der Waals surface area contributed by atoms with Crippen molar-refractivity contribution in [2.45, 2.75) is 33.7 Å². The van der Waals surface area contributed by atoms with Crippen molar-refractivity contribution in [2.24, 2.45) is 0 Å². The van der Waals surface area contributed by atoms with Crippen molar-refractivity contribution in [1.29, 1.82) is 0 Å². The Hall–Kier alpha value is -2.82. The SMILES string of the molecule is C=C(C)N(C)c1cccc(N2CCNC(C)C2)c1C.C=O.Cc1cccc2c(Cl)cccc12. The van der Waals surface area contributed by atoms with E-state index in [4.69, 9.17) is 16.4 Å². The third-order valence-electron chi connectivity index (χ3n) is 6.01. The fourth-order valence-electron chi connectivity index (χ4n) is 4.10. The van der Waals surface area contributed by atoms with Crippen LogP contribution in [0.3, 0.4) is 0 Å². The van der Waals surface area contributed by atoms with Crippen molar-refractivity contribution < 1.29 is 4.79 Å². The standard InChI is InChI=1S/C16H25N3.C11H9Cl.CH2O/c1-12(2)18(5)15-7-6-8-16(14(15)4)19-10-9-17-13(3)11-19;1-8-4-2-6-10-9(8)5-3-7-11(10)12;1-2/h6-8,13,17H,1,9-11H2,2-5H3;2-7H,1H3;1H2. The molecule has 1 N–H and O–H groups in total. The molecule has 3 aromatic rings. The van der Waals surface area contributed by atoms with Crippen LogP contribution in [-0.4, -0.2) is 39.5 Å². The van der Waals surface area contributed by atoms with E-state index in [-0.39, 0.29) is 0 Å². The number of carbonyl (C=O) groups is 1. The number of halogens is 1. The normalized spacial score (nSPS) is 15.1. The van der Waals surface area contributed by atoms with E-state index in [1.54, 1.807) is 0 Å². The van der Waals surface area contributed by atoms with Gasteiger partial charge in [0.2, 0.25) is 0 Å². The first-order chi connectivity index (χ1) is 15.8. The summed E-state index contributed by atoms with van der Waals surface area (Å²) >= 11 is 6.03. The van der Waals surface area contributed by atoms with Gasteiger partial charge in [0.15, 0.2) is 0 Å². The second-order valence-corrected chi connectivity index (χ2v) is 8.83. The van der Waals surface area contributed by atoms with Gasteiger partial charge in [-0.3, -0.25) is 0 Å². The van der Waals surface area contributed by atoms with Gasteiger partial charge >= 0.3 is 0 Å². The predicted octanol–water partition coefficient (Wildman–Crippen LogP) is 6.38. The van der Waals surface area contributed by atoms with Crippen molar-refractivity contribution in [3.8, 4) is 0 Å². The predicted molar refractivity (Wildman–Crippen MR) is 145 cm³/mol. The third-order valence-corrected chi connectivity index (χ3v) is 6.34. The number of hydrogen-bond acceptors (Lipinski definition) is 4. The molecular weight excluding hydrogens is 430 g/mol. The topological polar surface area (TPSA) is 35.6 Å². The summed E-state index contributed by atoms with van der Waals surface area (Å²) in [7, 11) is 2.08. The van der Waals surface area contributed by atoms with Crippen LogP contribution in [0.1, 0.15) is 25.0 Å². The second kappa shape index (κ2) is 12.4. The van der Waals surface area contributed by atoms with Crippen molar-refractivity contribution in [3.63, 3.8) is 0 Å². The minimum absolute atomic E-state index is 0.552. The molecule has 0 saturated carbocycles. The Morgan fingerprint density at radius 1 is 1.06 bits per heavy atom. The summed E-state index contributed by atoms with van der Waals surface area (Å²) in [6.45, 7) is 17.8. The van der Waals surface area contributed by atoms with Crippen LogP contribution in [0.25, 0.3) is 10.8 Å². The molecule has 0 spiro atoms. The molecule has 0 aliphatic carbocycles. The number of piperazine rings is 1. The van der Waals surface area contributed by atoms with Gasteiger partial charge in [0.25, 0.3) is 0 Å². The number of allylic oxidation sites excluding steroid dienone is 1. The number of anilines is 2. The highest BCUT2D eigenvalue weighted by Gasteiger charge is 2.19. The molecule has 1 atom stereocenters. The van der Waals surface area contributed by atoms with Gasteiger partial charge in [0.1, 0.15) is 6.79 Å². The lowest BCUT2D eigenvalue weighted by atomic mass is 10.1. The number of carbonyl (C=O) groups excluding carboxylic acids is 1. The molecule has 1 saturated heterocycles. The summed E-state index contributed by atoms with van der Waals surface area (Å²) in [4.78, 5) is 12.6. The van der Waals surface area contributed by atoms with Gasteiger partial charge in [-0.1, -0.05) is 54.6 Å². The highest BCUT2D eigenvalue weighted by molar-refractivity contribution is 6.35. The van der Waals surface area contributed by atoms with E-state index in [0.717, 1.165) is 35.7 Å². The van der Waals surface area contributed by atoms with Gasteiger partial charge < -0.3 is 19.9 Å². The second-order valence-electron chi connectivity index (χ2n) is 8.43. The Bertz CT molecular complexity index is 1040. The molecule has 3 aromatic carbocycles. The van der Waals surface area contributed by atoms with Crippen LogP contribution in [0.5, 0.6) is 0 Å². The van der Waals surface area contributed by atoms with E-state index in [2.05, 4.69) is 79.8 Å². The Morgan fingerprint density at radius 2 is 1.70 bits per heavy atom. The number of benzene rings is 3. The first kappa shape index (κ1) is 26.4. The molecule has 0 radical (unpaired) electrons. The maximum Gasteiger partial charge on any atom is 0.106 e. The van der Waals surface area contributed by atoms with E-state index in [1.807, 2.05) is 38.0 Å². The molecule has 0 bridgehead atoms. The Labute approximate surface area is 203 Å². The molecule has 1 fully saturated rings. The number of nitrogens with zero attached hydrogens (tertiary/aromatic N) is 2. The zero-order valence-corrected chi connectivity index (χ0v) is 21.2. The summed E-state index contributed by atoms with van der Waals surface area (Å²) < 4.78 is 0. The van der Waals surface area contributed by atoms with E-state index < -0.39 is 0 Å². The zero-order valence-electron chi connectivity index (χ0n) is 20.5. The van der Waals surface area contributed by atoms with E-state index in [1.165, 1.54) is 27.9 Å². The molecule has 0 amide bonds. The fraction of sp³-hybridized carbons (Fsp3) is 0.321. The smallest absolute Gasteiger partial charge is 0.106 e. The maximum atomic E-state index is 8.00. The van der Waals surface area contributed by atoms with Gasteiger partial charge in [0.05, 0.1) is 0 Å². The van der Waals surface area contributed by atoms with Crippen molar-refractivity contribution >= 4 is 40.5 Å². The minimum atomic E-state index is 0.552. The molecule has 176 valence electrons. The van der Waals surface area contributed by atoms with Crippen LogP contribution >= 0.6 is 11.6 Å². The lowest BCUT2D eigenvalue weighted by molar-refractivity contribution is -0.0979. The third kappa shape index (κ3) is 6.59. The van der Waals surface area contributed by atoms with Gasteiger partial charge in [-0.2, -0.15) is 0 Å². The van der Waals surface area contributed by atoms with Gasteiger partial charge in [-0.15, -0.1) is 0 Å². The average molecular weight is 466 g/mol. The highest BCUT2D eigenvalue weighted by atomic mass is 35.5. The summed E-state index contributed by atoms with van der Waals surface area (Å²) in [6.07, 6.45) is 0. The number of aryl methyl sites for hydroxylation is 1. The summed E-state index contributed by atoms with van der Waals surface area (Å²) in [5.41, 5.74) is 6.26. The van der Waals surface area contributed by atoms with Gasteiger partial charge in [-0.25, -0.2) is 0 Å². The first-order valence-electron chi connectivity index (χ1n) is 11.2. The molecule has 1 heterocycles.